The molecule has 0 spiro atoms. The van der Waals surface area contributed by atoms with Crippen molar-refractivity contribution >= 4 is 11.9 Å². The molecule has 1 aromatic rings. The lowest BCUT2D eigenvalue weighted by Crippen LogP contribution is -2.70. The van der Waals surface area contributed by atoms with Crippen molar-refractivity contribution in [2.45, 2.75) is 139 Å². The van der Waals surface area contributed by atoms with Crippen LogP contribution in [0.2, 0.25) is 0 Å². The van der Waals surface area contributed by atoms with Crippen molar-refractivity contribution in [3.63, 3.8) is 0 Å². The first-order valence-corrected chi connectivity index (χ1v) is 20.1. The number of hydrogen-bond acceptors (Lipinski definition) is 7. The van der Waals surface area contributed by atoms with E-state index in [1.165, 1.54) is 11.9 Å². The van der Waals surface area contributed by atoms with Gasteiger partial charge in [0.05, 0.1) is 37.9 Å². The van der Waals surface area contributed by atoms with Gasteiger partial charge in [-0.2, -0.15) is 5.10 Å². The number of aromatic nitrogens is 3. The van der Waals surface area contributed by atoms with E-state index in [1.54, 1.807) is 0 Å². The SMILES string of the molecule is CCNC(=O)c1ncnn1[C@@H]1C[C@]2(C)COC[C@@]3(C4=CC[C@@]5(C)[C@H](C(=O)O)[C@@](C)([C@H](C)C(C)C)CC[C@]5(C)[C@H]4CC[C@H]23)[C@H]1OC[C@](C)(N)C(C)(C)C. The Kier molecular flexibility index (Phi) is 9.77. The van der Waals surface area contributed by atoms with E-state index in [4.69, 9.17) is 20.3 Å². The molecular weight excluding hydrogens is 654 g/mol. The average Bonchev–Trinajstić information content (AvgIpc) is 3.54. The van der Waals surface area contributed by atoms with E-state index in [1.807, 2.05) is 11.6 Å². The van der Waals surface area contributed by atoms with Gasteiger partial charge in [0.1, 0.15) is 6.33 Å². The molecular formula is C42H69N5O5. The number of amides is 1. The summed E-state index contributed by atoms with van der Waals surface area (Å²) in [6.45, 7) is 28.5. The topological polar surface area (TPSA) is 142 Å². The lowest BCUT2D eigenvalue weighted by atomic mass is 9.34. The second kappa shape index (κ2) is 12.9. The van der Waals surface area contributed by atoms with Crippen LogP contribution in [0, 0.1) is 62.1 Å². The van der Waals surface area contributed by atoms with Crippen molar-refractivity contribution in [3.05, 3.63) is 23.8 Å². The maximum Gasteiger partial charge on any atom is 0.307 e. The largest absolute Gasteiger partial charge is 0.481 e. The number of rotatable bonds is 9. The third-order valence-electron chi connectivity index (χ3n) is 16.7. The Morgan fingerprint density at radius 1 is 1.10 bits per heavy atom. The summed E-state index contributed by atoms with van der Waals surface area (Å²) in [7, 11) is 0. The molecule has 292 valence electrons. The number of fused-ring (bicyclic) bond motifs is 3. The van der Waals surface area contributed by atoms with Gasteiger partial charge in [-0.25, -0.2) is 9.67 Å². The fourth-order valence-corrected chi connectivity index (χ4v) is 12.5. The highest BCUT2D eigenvalue weighted by atomic mass is 16.5. The predicted octanol–water partition coefficient (Wildman–Crippen LogP) is 7.31. The van der Waals surface area contributed by atoms with E-state index in [9.17, 15) is 14.7 Å². The van der Waals surface area contributed by atoms with Gasteiger partial charge in [0.15, 0.2) is 0 Å². The Morgan fingerprint density at radius 3 is 2.40 bits per heavy atom. The predicted molar refractivity (Wildman–Crippen MR) is 202 cm³/mol. The molecule has 5 aliphatic rings. The second-order valence-electron chi connectivity index (χ2n) is 20.4. The van der Waals surface area contributed by atoms with Crippen LogP contribution < -0.4 is 11.1 Å². The first-order chi connectivity index (χ1) is 24.1. The summed E-state index contributed by atoms with van der Waals surface area (Å²) in [4.78, 5) is 31.5. The van der Waals surface area contributed by atoms with Crippen LogP contribution in [0.15, 0.2) is 18.0 Å². The molecule has 2 heterocycles. The molecule has 2 bridgehead atoms. The Hall–Kier alpha value is -2.30. The van der Waals surface area contributed by atoms with Gasteiger partial charge in [-0.3, -0.25) is 9.59 Å². The summed E-state index contributed by atoms with van der Waals surface area (Å²) in [6, 6.07) is -0.282. The highest BCUT2D eigenvalue weighted by molar-refractivity contribution is 5.90. The molecule has 4 fully saturated rings. The van der Waals surface area contributed by atoms with Crippen molar-refractivity contribution in [2.24, 2.45) is 67.8 Å². The Bertz CT molecular complexity index is 1580. The van der Waals surface area contributed by atoms with E-state index >= 15 is 0 Å². The Balaban J connectivity index is 1.54. The zero-order valence-corrected chi connectivity index (χ0v) is 34.3. The van der Waals surface area contributed by atoms with Gasteiger partial charge in [-0.15, -0.1) is 0 Å². The highest BCUT2D eigenvalue weighted by Gasteiger charge is 2.73. The lowest BCUT2D eigenvalue weighted by Gasteiger charge is -2.71. The van der Waals surface area contributed by atoms with Gasteiger partial charge in [0.25, 0.3) is 5.91 Å². The van der Waals surface area contributed by atoms with Gasteiger partial charge in [-0.1, -0.05) is 80.9 Å². The number of hydrogen-bond donors (Lipinski definition) is 3. The van der Waals surface area contributed by atoms with E-state index in [-0.39, 0.29) is 51.4 Å². The molecule has 1 saturated heterocycles. The van der Waals surface area contributed by atoms with Crippen molar-refractivity contribution < 1.29 is 24.2 Å². The first kappa shape index (κ1) is 39.4. The summed E-state index contributed by atoms with van der Waals surface area (Å²) in [5.74, 6) is 0.0371. The number of carboxylic acids is 1. The standard InChI is InChI=1S/C42H69N5O5/c1-13-44-34(48)33-45-24-46-47(33)29-20-37(8)21-51-23-42(32(29)52-22-41(12,43)36(5,6)7)28-16-17-40(11)31(35(49)50)38(9,26(4)25(2)3)18-19-39(40,10)27(28)14-15-30(37)42/h16,24-27,29-32H,13-15,17-23,43H2,1-12H3,(H,44,48)(H,49,50)/t26-,27+,29-,30-,31-,32+,37-,38-,39-,40+,41+,42+/m1/s1. The number of nitrogens with one attached hydrogen (secondary N) is 1. The molecule has 1 amide bonds. The average molecular weight is 724 g/mol. The number of carboxylic acid groups (broad SMARTS) is 1. The molecule has 10 nitrogen and oxygen atoms in total. The van der Waals surface area contributed by atoms with Gasteiger partial charge in [0, 0.05) is 17.5 Å². The maximum absolute atomic E-state index is 13.6. The number of carbonyl (C=O) groups excluding carboxylic acids is 1. The molecule has 3 saturated carbocycles. The van der Waals surface area contributed by atoms with Gasteiger partial charge < -0.3 is 25.6 Å². The van der Waals surface area contributed by atoms with Crippen LogP contribution in [0.4, 0.5) is 0 Å². The molecule has 6 rings (SSSR count). The monoisotopic (exact) mass is 724 g/mol. The maximum atomic E-state index is 13.6. The number of aliphatic carboxylic acids is 1. The van der Waals surface area contributed by atoms with Crippen molar-refractivity contribution in [2.75, 3.05) is 26.4 Å². The van der Waals surface area contributed by atoms with Gasteiger partial charge in [-0.05, 0) is 103 Å². The minimum absolute atomic E-state index is 0.171. The van der Waals surface area contributed by atoms with Crippen molar-refractivity contribution in [1.82, 2.24) is 20.1 Å². The van der Waals surface area contributed by atoms with Crippen LogP contribution in [-0.2, 0) is 14.3 Å². The summed E-state index contributed by atoms with van der Waals surface area (Å²) >= 11 is 0. The molecule has 4 N–H and O–H groups in total. The molecule has 12 atom stereocenters. The molecule has 4 aliphatic carbocycles. The second-order valence-corrected chi connectivity index (χ2v) is 20.4. The minimum atomic E-state index is -0.659. The summed E-state index contributed by atoms with van der Waals surface area (Å²) < 4.78 is 15.9. The number of allylic oxidation sites excluding steroid dienone is 1. The van der Waals surface area contributed by atoms with Gasteiger partial charge in [0.2, 0.25) is 5.82 Å². The third kappa shape index (κ3) is 5.49. The summed E-state index contributed by atoms with van der Waals surface area (Å²) in [5, 5.41) is 18.9. The fourth-order valence-electron chi connectivity index (χ4n) is 12.5. The van der Waals surface area contributed by atoms with E-state index < -0.39 is 34.4 Å². The summed E-state index contributed by atoms with van der Waals surface area (Å²) in [6.07, 6.45) is 8.87. The zero-order valence-electron chi connectivity index (χ0n) is 34.3. The first-order valence-electron chi connectivity index (χ1n) is 20.1. The molecule has 1 aliphatic heterocycles. The quantitative estimate of drug-likeness (QED) is 0.225. The molecule has 0 unspecified atom stereocenters. The molecule has 0 radical (unpaired) electrons. The van der Waals surface area contributed by atoms with Crippen LogP contribution in [0.25, 0.3) is 0 Å². The van der Waals surface area contributed by atoms with Crippen LogP contribution in [0.1, 0.15) is 138 Å². The van der Waals surface area contributed by atoms with Crippen LogP contribution in [0.3, 0.4) is 0 Å². The van der Waals surface area contributed by atoms with Crippen molar-refractivity contribution in [1.29, 1.82) is 0 Å². The summed E-state index contributed by atoms with van der Waals surface area (Å²) in [5.41, 5.74) is 5.87. The van der Waals surface area contributed by atoms with Crippen LogP contribution in [0.5, 0.6) is 0 Å². The van der Waals surface area contributed by atoms with E-state index in [2.05, 4.69) is 92.5 Å². The third-order valence-corrected chi connectivity index (χ3v) is 16.7. The number of ether oxygens (including phenoxy) is 2. The zero-order chi connectivity index (χ0) is 38.4. The number of nitrogens with zero attached hydrogens (tertiary/aromatic N) is 3. The van der Waals surface area contributed by atoms with E-state index in [0.717, 1.165) is 32.1 Å². The smallest absolute Gasteiger partial charge is 0.307 e. The fraction of sp³-hybridized carbons (Fsp3) is 0.857. The van der Waals surface area contributed by atoms with Gasteiger partial charge >= 0.3 is 5.97 Å². The highest BCUT2D eigenvalue weighted by Crippen LogP contribution is 2.75. The Morgan fingerprint density at radius 2 is 1.79 bits per heavy atom. The Labute approximate surface area is 312 Å². The molecule has 10 heteroatoms. The van der Waals surface area contributed by atoms with Crippen LogP contribution in [-0.4, -0.2) is 69.8 Å². The molecule has 1 aromatic heterocycles. The number of carbonyl (C=O) groups is 2. The molecule has 52 heavy (non-hydrogen) atoms. The lowest BCUT2D eigenvalue weighted by molar-refractivity contribution is -0.255. The number of nitrogens with two attached hydrogens (primary N) is 1. The van der Waals surface area contributed by atoms with Crippen LogP contribution >= 0.6 is 0 Å². The molecule has 0 aromatic carbocycles. The normalized spacial score (nSPS) is 41.9. The van der Waals surface area contributed by atoms with Crippen molar-refractivity contribution in [3.8, 4) is 0 Å². The minimum Gasteiger partial charge on any atom is -0.481 e. The van der Waals surface area contributed by atoms with E-state index in [0.29, 0.717) is 44.5 Å².